The molecule has 0 aromatic rings. The van der Waals surface area contributed by atoms with E-state index in [1.165, 1.54) is 12.8 Å². The highest BCUT2D eigenvalue weighted by molar-refractivity contribution is 8.00. The SMILES string of the molecule is CC(C)CSC(C(=O)O)C1CCCC1. The summed E-state index contributed by atoms with van der Waals surface area (Å²) in [4.78, 5) is 11.1. The quantitative estimate of drug-likeness (QED) is 0.767. The largest absolute Gasteiger partial charge is 0.480 e. The first-order valence-electron chi connectivity index (χ1n) is 5.45. The smallest absolute Gasteiger partial charge is 0.316 e. The molecule has 0 aromatic heterocycles. The van der Waals surface area contributed by atoms with Crippen LogP contribution in [0.5, 0.6) is 0 Å². The second kappa shape index (κ2) is 5.64. The highest BCUT2D eigenvalue weighted by atomic mass is 32.2. The first-order valence-corrected chi connectivity index (χ1v) is 6.50. The zero-order valence-corrected chi connectivity index (χ0v) is 9.85. The molecule has 0 amide bonds. The summed E-state index contributed by atoms with van der Waals surface area (Å²) in [5.41, 5.74) is 0. The van der Waals surface area contributed by atoms with Crippen LogP contribution in [0.2, 0.25) is 0 Å². The van der Waals surface area contributed by atoms with E-state index in [-0.39, 0.29) is 5.25 Å². The number of hydrogen-bond donors (Lipinski definition) is 1. The molecule has 0 heterocycles. The minimum absolute atomic E-state index is 0.153. The van der Waals surface area contributed by atoms with E-state index < -0.39 is 5.97 Å². The van der Waals surface area contributed by atoms with Gasteiger partial charge in [-0.3, -0.25) is 4.79 Å². The summed E-state index contributed by atoms with van der Waals surface area (Å²) in [5, 5.41) is 8.97. The Hall–Kier alpha value is -0.180. The summed E-state index contributed by atoms with van der Waals surface area (Å²) in [6.07, 6.45) is 4.66. The summed E-state index contributed by atoms with van der Waals surface area (Å²) in [6.45, 7) is 4.28. The van der Waals surface area contributed by atoms with Crippen molar-refractivity contribution in [1.82, 2.24) is 0 Å². The molecule has 0 bridgehead atoms. The molecule has 1 saturated carbocycles. The van der Waals surface area contributed by atoms with Gasteiger partial charge in [0.05, 0.1) is 0 Å². The van der Waals surface area contributed by atoms with Gasteiger partial charge >= 0.3 is 5.97 Å². The summed E-state index contributed by atoms with van der Waals surface area (Å²) in [5.74, 6) is 1.37. The van der Waals surface area contributed by atoms with Crippen molar-refractivity contribution in [1.29, 1.82) is 0 Å². The van der Waals surface area contributed by atoms with Gasteiger partial charge in [-0.15, -0.1) is 11.8 Å². The molecule has 82 valence electrons. The Balaban J connectivity index is 2.42. The van der Waals surface area contributed by atoms with Crippen molar-refractivity contribution in [3.63, 3.8) is 0 Å². The molecule has 1 aliphatic carbocycles. The molecule has 2 nitrogen and oxygen atoms in total. The fourth-order valence-electron chi connectivity index (χ4n) is 1.97. The number of aliphatic carboxylic acids is 1. The summed E-state index contributed by atoms with van der Waals surface area (Å²) < 4.78 is 0. The standard InChI is InChI=1S/C11H20O2S/c1-8(2)7-14-10(11(12)13)9-5-3-4-6-9/h8-10H,3-7H2,1-2H3,(H,12,13). The molecular formula is C11H20O2S. The van der Waals surface area contributed by atoms with E-state index in [0.29, 0.717) is 11.8 Å². The molecule has 1 N–H and O–H groups in total. The van der Waals surface area contributed by atoms with Gasteiger partial charge in [0.25, 0.3) is 0 Å². The average molecular weight is 216 g/mol. The van der Waals surface area contributed by atoms with Crippen LogP contribution in [0.25, 0.3) is 0 Å². The van der Waals surface area contributed by atoms with Crippen molar-refractivity contribution in [2.45, 2.75) is 44.8 Å². The van der Waals surface area contributed by atoms with Crippen LogP contribution < -0.4 is 0 Å². The third-order valence-electron chi connectivity index (χ3n) is 2.68. The van der Waals surface area contributed by atoms with Gasteiger partial charge in [-0.25, -0.2) is 0 Å². The van der Waals surface area contributed by atoms with E-state index >= 15 is 0 Å². The summed E-state index contributed by atoms with van der Waals surface area (Å²) >= 11 is 1.64. The van der Waals surface area contributed by atoms with Gasteiger partial charge in [0.15, 0.2) is 0 Å². The minimum Gasteiger partial charge on any atom is -0.480 e. The Morgan fingerprint density at radius 1 is 1.43 bits per heavy atom. The zero-order chi connectivity index (χ0) is 10.6. The molecule has 1 fully saturated rings. The number of carboxylic acids is 1. The summed E-state index contributed by atoms with van der Waals surface area (Å²) in [7, 11) is 0. The van der Waals surface area contributed by atoms with E-state index in [4.69, 9.17) is 5.11 Å². The van der Waals surface area contributed by atoms with E-state index in [9.17, 15) is 4.79 Å². The van der Waals surface area contributed by atoms with Crippen LogP contribution >= 0.6 is 11.8 Å². The molecular weight excluding hydrogens is 196 g/mol. The van der Waals surface area contributed by atoms with Gasteiger partial charge in [-0.1, -0.05) is 26.7 Å². The van der Waals surface area contributed by atoms with Gasteiger partial charge in [0.2, 0.25) is 0 Å². The van der Waals surface area contributed by atoms with Crippen LogP contribution in [0.3, 0.4) is 0 Å². The van der Waals surface area contributed by atoms with Crippen LogP contribution in [0.1, 0.15) is 39.5 Å². The molecule has 0 aromatic carbocycles. The Bertz CT molecular complexity index is 186. The van der Waals surface area contributed by atoms with Crippen molar-refractivity contribution in [2.75, 3.05) is 5.75 Å². The second-order valence-electron chi connectivity index (χ2n) is 4.53. The van der Waals surface area contributed by atoms with Crippen molar-refractivity contribution >= 4 is 17.7 Å². The Kier molecular flexibility index (Phi) is 4.79. The molecule has 1 unspecified atom stereocenters. The number of rotatable bonds is 5. The maximum Gasteiger partial charge on any atom is 0.316 e. The third-order valence-corrected chi connectivity index (χ3v) is 4.49. The monoisotopic (exact) mass is 216 g/mol. The molecule has 14 heavy (non-hydrogen) atoms. The molecule has 0 aliphatic heterocycles. The van der Waals surface area contributed by atoms with E-state index in [2.05, 4.69) is 13.8 Å². The number of hydrogen-bond acceptors (Lipinski definition) is 2. The second-order valence-corrected chi connectivity index (χ2v) is 5.71. The van der Waals surface area contributed by atoms with Crippen LogP contribution in [0, 0.1) is 11.8 Å². The Labute approximate surface area is 90.5 Å². The molecule has 3 heteroatoms. The lowest BCUT2D eigenvalue weighted by atomic mass is 10.0. The van der Waals surface area contributed by atoms with Crippen molar-refractivity contribution < 1.29 is 9.90 Å². The van der Waals surface area contributed by atoms with Gasteiger partial charge in [-0.2, -0.15) is 0 Å². The van der Waals surface area contributed by atoms with E-state index in [0.717, 1.165) is 18.6 Å². The number of thioether (sulfide) groups is 1. The predicted octanol–water partition coefficient (Wildman–Crippen LogP) is 3.02. The summed E-state index contributed by atoms with van der Waals surface area (Å²) in [6, 6.07) is 0. The van der Waals surface area contributed by atoms with Crippen LogP contribution in [0.15, 0.2) is 0 Å². The third kappa shape index (κ3) is 3.52. The lowest BCUT2D eigenvalue weighted by Crippen LogP contribution is -2.25. The maximum absolute atomic E-state index is 11.1. The first-order chi connectivity index (χ1) is 6.61. The fourth-order valence-corrected chi connectivity index (χ4v) is 3.24. The lowest BCUT2D eigenvalue weighted by Gasteiger charge is -2.19. The van der Waals surface area contributed by atoms with Crippen LogP contribution in [-0.2, 0) is 4.79 Å². The first kappa shape index (κ1) is 11.9. The number of carbonyl (C=O) groups is 1. The zero-order valence-electron chi connectivity index (χ0n) is 9.03. The minimum atomic E-state index is -0.609. The van der Waals surface area contributed by atoms with Crippen molar-refractivity contribution in [3.05, 3.63) is 0 Å². The van der Waals surface area contributed by atoms with Gasteiger partial charge < -0.3 is 5.11 Å². The Morgan fingerprint density at radius 3 is 2.43 bits per heavy atom. The van der Waals surface area contributed by atoms with Gasteiger partial charge in [0, 0.05) is 0 Å². The average Bonchev–Trinajstić information content (AvgIpc) is 2.56. The highest BCUT2D eigenvalue weighted by Crippen LogP contribution is 2.34. The van der Waals surface area contributed by atoms with Crippen molar-refractivity contribution in [3.8, 4) is 0 Å². The van der Waals surface area contributed by atoms with Crippen LogP contribution in [0.4, 0.5) is 0 Å². The molecule has 1 aliphatic rings. The van der Waals surface area contributed by atoms with Crippen molar-refractivity contribution in [2.24, 2.45) is 11.8 Å². The van der Waals surface area contributed by atoms with E-state index in [1.54, 1.807) is 11.8 Å². The molecule has 0 saturated heterocycles. The topological polar surface area (TPSA) is 37.3 Å². The fraction of sp³-hybridized carbons (Fsp3) is 0.909. The molecule has 0 radical (unpaired) electrons. The van der Waals surface area contributed by atoms with E-state index in [1.807, 2.05) is 0 Å². The predicted molar refractivity (Wildman–Crippen MR) is 60.7 cm³/mol. The molecule has 1 rings (SSSR count). The maximum atomic E-state index is 11.1. The highest BCUT2D eigenvalue weighted by Gasteiger charge is 2.30. The lowest BCUT2D eigenvalue weighted by molar-refractivity contribution is -0.137. The number of carboxylic acid groups (broad SMARTS) is 1. The Morgan fingerprint density at radius 2 is 2.00 bits per heavy atom. The molecule has 1 atom stereocenters. The molecule has 0 spiro atoms. The normalized spacial score (nSPS) is 20.2. The van der Waals surface area contributed by atoms with Gasteiger partial charge in [0.1, 0.15) is 5.25 Å². The van der Waals surface area contributed by atoms with Crippen LogP contribution in [-0.4, -0.2) is 22.1 Å². The van der Waals surface area contributed by atoms with Gasteiger partial charge in [-0.05, 0) is 30.4 Å².